The summed E-state index contributed by atoms with van der Waals surface area (Å²) in [5.41, 5.74) is 0. The first-order valence-electron chi connectivity index (χ1n) is 7.68. The Kier molecular flexibility index (Phi) is 4.61. The van der Waals surface area contributed by atoms with Gasteiger partial charge in [-0.1, -0.05) is 61.5 Å². The third kappa shape index (κ3) is 3.01. The number of nitrogens with zero attached hydrogens (tertiary/aromatic N) is 1. The molecule has 0 radical (unpaired) electrons. The standard InChI is InChI=1S/C16H21NOS2/c18-15-14(11-12-7-3-1-4-8-12)20-16(19)17(15)13-9-5-2-6-10-13/h1,3,11-13H,2,4-10H2/b14-11+/t12-/m0/s1. The molecule has 1 aliphatic heterocycles. The number of hydrogen-bond acceptors (Lipinski definition) is 3. The van der Waals surface area contributed by atoms with Crippen LogP contribution in [0.2, 0.25) is 0 Å². The van der Waals surface area contributed by atoms with Crippen LogP contribution in [0.25, 0.3) is 0 Å². The summed E-state index contributed by atoms with van der Waals surface area (Å²) in [6.07, 6.45) is 16.0. The largest absolute Gasteiger partial charge is 0.290 e. The van der Waals surface area contributed by atoms with Gasteiger partial charge in [0, 0.05) is 6.04 Å². The number of carbonyl (C=O) groups is 1. The Labute approximate surface area is 130 Å². The van der Waals surface area contributed by atoms with E-state index in [0.717, 1.165) is 41.3 Å². The van der Waals surface area contributed by atoms with E-state index in [1.807, 2.05) is 4.90 Å². The van der Waals surface area contributed by atoms with Gasteiger partial charge < -0.3 is 0 Å². The van der Waals surface area contributed by atoms with Gasteiger partial charge in [0.05, 0.1) is 4.91 Å². The molecule has 2 aliphatic carbocycles. The van der Waals surface area contributed by atoms with Crippen molar-refractivity contribution in [3.8, 4) is 0 Å². The molecule has 4 heteroatoms. The minimum absolute atomic E-state index is 0.168. The van der Waals surface area contributed by atoms with E-state index in [4.69, 9.17) is 12.2 Å². The van der Waals surface area contributed by atoms with Gasteiger partial charge in [0.25, 0.3) is 5.91 Å². The van der Waals surface area contributed by atoms with Crippen LogP contribution in [0.4, 0.5) is 0 Å². The zero-order valence-corrected chi connectivity index (χ0v) is 13.3. The zero-order chi connectivity index (χ0) is 13.9. The number of thioether (sulfide) groups is 1. The van der Waals surface area contributed by atoms with Gasteiger partial charge in [0.2, 0.25) is 0 Å². The fourth-order valence-electron chi connectivity index (χ4n) is 3.33. The van der Waals surface area contributed by atoms with Crippen molar-refractivity contribution in [2.24, 2.45) is 5.92 Å². The molecule has 0 spiro atoms. The second-order valence-electron chi connectivity index (χ2n) is 5.91. The van der Waals surface area contributed by atoms with E-state index in [0.29, 0.717) is 12.0 Å². The Morgan fingerprint density at radius 2 is 2.00 bits per heavy atom. The number of hydrogen-bond donors (Lipinski definition) is 0. The summed E-state index contributed by atoms with van der Waals surface area (Å²) in [5.74, 6) is 0.682. The highest BCUT2D eigenvalue weighted by Crippen LogP contribution is 2.37. The van der Waals surface area contributed by atoms with E-state index in [1.54, 1.807) is 0 Å². The van der Waals surface area contributed by atoms with Crippen molar-refractivity contribution in [2.75, 3.05) is 0 Å². The van der Waals surface area contributed by atoms with Crippen LogP contribution in [0.3, 0.4) is 0 Å². The van der Waals surface area contributed by atoms with Gasteiger partial charge in [0.15, 0.2) is 0 Å². The minimum Gasteiger partial charge on any atom is -0.290 e. The topological polar surface area (TPSA) is 20.3 Å². The molecule has 0 aromatic carbocycles. The van der Waals surface area contributed by atoms with Crippen LogP contribution >= 0.6 is 24.0 Å². The van der Waals surface area contributed by atoms with Crippen molar-refractivity contribution in [1.29, 1.82) is 0 Å². The van der Waals surface area contributed by atoms with Crippen LogP contribution in [-0.4, -0.2) is 21.2 Å². The number of carbonyl (C=O) groups excluding carboxylic acids is 1. The number of rotatable bonds is 2. The van der Waals surface area contributed by atoms with Crippen LogP contribution in [0.5, 0.6) is 0 Å². The van der Waals surface area contributed by atoms with E-state index in [2.05, 4.69) is 18.2 Å². The summed E-state index contributed by atoms with van der Waals surface area (Å²) in [5, 5.41) is 0. The fourth-order valence-corrected chi connectivity index (χ4v) is 4.80. The molecule has 1 saturated heterocycles. The van der Waals surface area contributed by atoms with Gasteiger partial charge in [-0.05, 0) is 38.0 Å². The lowest BCUT2D eigenvalue weighted by atomic mass is 9.93. The third-order valence-corrected chi connectivity index (χ3v) is 5.81. The molecule has 1 heterocycles. The van der Waals surface area contributed by atoms with E-state index in [-0.39, 0.29) is 5.91 Å². The van der Waals surface area contributed by atoms with Gasteiger partial charge >= 0.3 is 0 Å². The Hall–Kier alpha value is -0.610. The Morgan fingerprint density at radius 1 is 1.20 bits per heavy atom. The molecule has 1 saturated carbocycles. The van der Waals surface area contributed by atoms with Gasteiger partial charge in [-0.15, -0.1) is 0 Å². The molecule has 0 aromatic heterocycles. The maximum atomic E-state index is 12.6. The molecule has 108 valence electrons. The van der Waals surface area contributed by atoms with Crippen molar-refractivity contribution >= 4 is 34.2 Å². The van der Waals surface area contributed by atoms with Crippen molar-refractivity contribution in [1.82, 2.24) is 4.90 Å². The highest BCUT2D eigenvalue weighted by molar-refractivity contribution is 8.26. The first-order valence-corrected chi connectivity index (χ1v) is 8.90. The maximum absolute atomic E-state index is 12.6. The van der Waals surface area contributed by atoms with Crippen LogP contribution in [0.15, 0.2) is 23.1 Å². The molecular formula is C16H21NOS2. The van der Waals surface area contributed by atoms with Crippen molar-refractivity contribution in [2.45, 2.75) is 57.4 Å². The van der Waals surface area contributed by atoms with Gasteiger partial charge in [-0.2, -0.15) is 0 Å². The van der Waals surface area contributed by atoms with Gasteiger partial charge in [-0.3, -0.25) is 9.69 Å². The van der Waals surface area contributed by atoms with E-state index in [1.165, 1.54) is 31.0 Å². The van der Waals surface area contributed by atoms with E-state index < -0.39 is 0 Å². The van der Waals surface area contributed by atoms with Gasteiger partial charge in [-0.25, -0.2) is 0 Å². The van der Waals surface area contributed by atoms with E-state index in [9.17, 15) is 4.79 Å². The first-order chi connectivity index (χ1) is 9.75. The molecule has 0 N–H and O–H groups in total. The lowest BCUT2D eigenvalue weighted by Gasteiger charge is -2.29. The molecule has 20 heavy (non-hydrogen) atoms. The van der Waals surface area contributed by atoms with Crippen LogP contribution in [0, 0.1) is 5.92 Å². The predicted octanol–water partition coefficient (Wildman–Crippen LogP) is 4.42. The minimum atomic E-state index is 0.168. The predicted molar refractivity (Wildman–Crippen MR) is 88.5 cm³/mol. The molecule has 1 amide bonds. The van der Waals surface area contributed by atoms with Gasteiger partial charge in [0.1, 0.15) is 4.32 Å². The van der Waals surface area contributed by atoms with Crippen molar-refractivity contribution < 1.29 is 4.79 Å². The normalized spacial score (nSPS) is 30.5. The monoisotopic (exact) mass is 307 g/mol. The zero-order valence-electron chi connectivity index (χ0n) is 11.7. The molecular weight excluding hydrogens is 286 g/mol. The third-order valence-electron chi connectivity index (χ3n) is 4.46. The average molecular weight is 307 g/mol. The van der Waals surface area contributed by atoms with Crippen molar-refractivity contribution in [3.05, 3.63) is 23.1 Å². The maximum Gasteiger partial charge on any atom is 0.266 e. The first kappa shape index (κ1) is 14.3. The molecule has 3 aliphatic rings. The Bertz CT molecular complexity index is 463. The van der Waals surface area contributed by atoms with Crippen LogP contribution in [0.1, 0.15) is 51.4 Å². The quantitative estimate of drug-likeness (QED) is 0.428. The Morgan fingerprint density at radius 3 is 2.70 bits per heavy atom. The lowest BCUT2D eigenvalue weighted by Crippen LogP contribution is -2.39. The number of allylic oxidation sites excluding steroid dienone is 3. The fraction of sp³-hybridized carbons (Fsp3) is 0.625. The molecule has 2 fully saturated rings. The highest BCUT2D eigenvalue weighted by atomic mass is 32.2. The molecule has 3 rings (SSSR count). The molecule has 0 bridgehead atoms. The second kappa shape index (κ2) is 6.44. The summed E-state index contributed by atoms with van der Waals surface area (Å²) in [6, 6.07) is 0.355. The summed E-state index contributed by atoms with van der Waals surface area (Å²) in [6.45, 7) is 0. The smallest absolute Gasteiger partial charge is 0.266 e. The summed E-state index contributed by atoms with van der Waals surface area (Å²) >= 11 is 6.97. The SMILES string of the molecule is O=C1/C(=C\[C@H]2CC=CCC2)SC(=S)N1C1CCCCC1. The second-order valence-corrected chi connectivity index (χ2v) is 7.59. The molecule has 2 nitrogen and oxygen atoms in total. The van der Waals surface area contributed by atoms with Crippen LogP contribution in [-0.2, 0) is 4.79 Å². The molecule has 1 atom stereocenters. The summed E-state index contributed by atoms with van der Waals surface area (Å²) < 4.78 is 0.777. The Balaban J connectivity index is 1.72. The molecule has 0 unspecified atom stereocenters. The number of thiocarbonyl (C=S) groups is 1. The van der Waals surface area contributed by atoms with Crippen LogP contribution < -0.4 is 0 Å². The highest BCUT2D eigenvalue weighted by Gasteiger charge is 2.37. The number of amides is 1. The molecule has 0 aromatic rings. The lowest BCUT2D eigenvalue weighted by molar-refractivity contribution is -0.124. The van der Waals surface area contributed by atoms with Crippen molar-refractivity contribution in [3.63, 3.8) is 0 Å². The summed E-state index contributed by atoms with van der Waals surface area (Å²) in [7, 11) is 0. The van der Waals surface area contributed by atoms with E-state index >= 15 is 0 Å². The average Bonchev–Trinajstić information content (AvgIpc) is 2.75. The summed E-state index contributed by atoms with van der Waals surface area (Å²) in [4.78, 5) is 15.4.